The van der Waals surface area contributed by atoms with Crippen molar-refractivity contribution in [2.24, 2.45) is 5.92 Å². The Bertz CT molecular complexity index is 635. The Kier molecular flexibility index (Phi) is 3.92. The number of imidazole rings is 1. The van der Waals surface area contributed by atoms with Gasteiger partial charge in [-0.2, -0.15) is 0 Å². The van der Waals surface area contributed by atoms with E-state index in [1.807, 2.05) is 13.8 Å². The maximum absolute atomic E-state index is 13.4. The van der Waals surface area contributed by atoms with Gasteiger partial charge in [-0.15, -0.1) is 0 Å². The van der Waals surface area contributed by atoms with Crippen LogP contribution < -0.4 is 11.1 Å². The minimum absolute atomic E-state index is 0.158. The Morgan fingerprint density at radius 1 is 1.45 bits per heavy atom. The molecule has 0 spiro atoms. The first-order valence-electron chi connectivity index (χ1n) is 6.60. The lowest BCUT2D eigenvalue weighted by Crippen LogP contribution is -2.33. The van der Waals surface area contributed by atoms with Crippen LogP contribution >= 0.6 is 0 Å². The molecule has 2 rings (SSSR count). The van der Waals surface area contributed by atoms with Crippen LogP contribution in [-0.2, 0) is 4.79 Å². The molecule has 1 heterocycles. The molecule has 20 heavy (non-hydrogen) atoms. The molecule has 6 heteroatoms. The summed E-state index contributed by atoms with van der Waals surface area (Å²) < 4.78 is 14.9. The third kappa shape index (κ3) is 2.74. The van der Waals surface area contributed by atoms with Gasteiger partial charge in [-0.25, -0.2) is 9.37 Å². The van der Waals surface area contributed by atoms with Gasteiger partial charge in [-0.1, -0.05) is 13.8 Å². The molecule has 108 valence electrons. The number of hydrogen-bond donors (Lipinski definition) is 2. The van der Waals surface area contributed by atoms with Crippen molar-refractivity contribution in [2.75, 3.05) is 12.3 Å². The number of fused-ring (bicyclic) bond motifs is 1. The number of carbonyl (C=O) groups is 1. The molecule has 1 unspecified atom stereocenters. The van der Waals surface area contributed by atoms with E-state index in [1.54, 1.807) is 17.6 Å². The van der Waals surface area contributed by atoms with Crippen LogP contribution in [0.2, 0.25) is 0 Å². The predicted molar refractivity (Wildman–Crippen MR) is 76.7 cm³/mol. The highest BCUT2D eigenvalue weighted by Crippen LogP contribution is 2.23. The van der Waals surface area contributed by atoms with Crippen LogP contribution in [0.15, 0.2) is 18.2 Å². The SMILES string of the molecule is CC(C)CNC(=O)C(C)n1c(N)nc2ccc(F)cc21. The van der Waals surface area contributed by atoms with Gasteiger partial charge in [0.05, 0.1) is 11.0 Å². The number of aromatic nitrogens is 2. The van der Waals surface area contributed by atoms with Gasteiger partial charge in [0.1, 0.15) is 11.9 Å². The number of halogens is 1. The second kappa shape index (κ2) is 5.48. The zero-order chi connectivity index (χ0) is 14.9. The summed E-state index contributed by atoms with van der Waals surface area (Å²) >= 11 is 0. The molecule has 1 atom stereocenters. The summed E-state index contributed by atoms with van der Waals surface area (Å²) in [5, 5.41) is 2.84. The Morgan fingerprint density at radius 2 is 2.15 bits per heavy atom. The van der Waals surface area contributed by atoms with Gasteiger partial charge in [-0.05, 0) is 31.0 Å². The van der Waals surface area contributed by atoms with Gasteiger partial charge in [0.15, 0.2) is 0 Å². The van der Waals surface area contributed by atoms with Crippen molar-refractivity contribution in [1.29, 1.82) is 0 Å². The molecule has 0 radical (unpaired) electrons. The smallest absolute Gasteiger partial charge is 0.242 e. The molecule has 0 aliphatic rings. The standard InChI is InChI=1S/C14H19FN4O/c1-8(2)7-17-13(20)9(3)19-12-6-10(15)4-5-11(12)18-14(19)16/h4-6,8-9H,7H2,1-3H3,(H2,16,18)(H,17,20). The normalized spacial score (nSPS) is 12.8. The fourth-order valence-corrected chi connectivity index (χ4v) is 2.06. The predicted octanol–water partition coefficient (Wildman–Crippen LogP) is 2.09. The van der Waals surface area contributed by atoms with E-state index >= 15 is 0 Å². The Labute approximate surface area is 117 Å². The lowest BCUT2D eigenvalue weighted by molar-refractivity contribution is -0.123. The molecule has 0 saturated carbocycles. The summed E-state index contributed by atoms with van der Waals surface area (Å²) in [5.74, 6) is 0.0284. The highest BCUT2D eigenvalue weighted by atomic mass is 19.1. The second-order valence-corrected chi connectivity index (χ2v) is 5.29. The monoisotopic (exact) mass is 278 g/mol. The van der Waals surface area contributed by atoms with Crippen LogP contribution in [0.5, 0.6) is 0 Å². The first-order chi connectivity index (χ1) is 9.40. The number of anilines is 1. The van der Waals surface area contributed by atoms with Crippen LogP contribution in [0.25, 0.3) is 11.0 Å². The van der Waals surface area contributed by atoms with Gasteiger partial charge in [0.2, 0.25) is 11.9 Å². The summed E-state index contributed by atoms with van der Waals surface area (Å²) in [5.41, 5.74) is 6.95. The van der Waals surface area contributed by atoms with Gasteiger partial charge in [-0.3, -0.25) is 9.36 Å². The molecule has 0 bridgehead atoms. The number of amides is 1. The zero-order valence-corrected chi connectivity index (χ0v) is 11.9. The van der Waals surface area contributed by atoms with Crippen molar-refractivity contribution in [3.05, 3.63) is 24.0 Å². The summed E-state index contributed by atoms with van der Waals surface area (Å²) in [4.78, 5) is 16.3. The summed E-state index contributed by atoms with van der Waals surface area (Å²) in [6.07, 6.45) is 0. The van der Waals surface area contributed by atoms with E-state index in [1.165, 1.54) is 12.1 Å². The molecular weight excluding hydrogens is 259 g/mol. The van der Waals surface area contributed by atoms with Crippen molar-refractivity contribution in [2.45, 2.75) is 26.8 Å². The molecule has 2 aromatic rings. The van der Waals surface area contributed by atoms with Crippen LogP contribution in [0.3, 0.4) is 0 Å². The Morgan fingerprint density at radius 3 is 2.80 bits per heavy atom. The Balaban J connectivity index is 2.34. The molecule has 5 nitrogen and oxygen atoms in total. The number of nitrogen functional groups attached to an aromatic ring is 1. The number of rotatable bonds is 4. The van der Waals surface area contributed by atoms with Gasteiger partial charge < -0.3 is 11.1 Å². The maximum atomic E-state index is 13.4. The van der Waals surface area contributed by atoms with Crippen molar-refractivity contribution >= 4 is 22.9 Å². The number of hydrogen-bond acceptors (Lipinski definition) is 3. The van der Waals surface area contributed by atoms with E-state index in [0.29, 0.717) is 23.5 Å². The first kappa shape index (κ1) is 14.3. The van der Waals surface area contributed by atoms with Gasteiger partial charge >= 0.3 is 0 Å². The van der Waals surface area contributed by atoms with E-state index in [4.69, 9.17) is 5.73 Å². The molecule has 0 aliphatic carbocycles. The number of nitrogens with zero attached hydrogens (tertiary/aromatic N) is 2. The fourth-order valence-electron chi connectivity index (χ4n) is 2.06. The Hall–Kier alpha value is -2.11. The number of nitrogens with two attached hydrogens (primary N) is 1. The van der Waals surface area contributed by atoms with Crippen LogP contribution in [0.1, 0.15) is 26.8 Å². The van der Waals surface area contributed by atoms with Gasteiger partial charge in [0.25, 0.3) is 0 Å². The average Bonchev–Trinajstić information content (AvgIpc) is 2.70. The molecule has 0 saturated heterocycles. The highest BCUT2D eigenvalue weighted by Gasteiger charge is 2.20. The minimum Gasteiger partial charge on any atom is -0.369 e. The van der Waals surface area contributed by atoms with Crippen molar-refractivity contribution in [1.82, 2.24) is 14.9 Å². The summed E-state index contributed by atoms with van der Waals surface area (Å²) in [6, 6.07) is 3.67. The van der Waals surface area contributed by atoms with Crippen LogP contribution in [0, 0.1) is 11.7 Å². The van der Waals surface area contributed by atoms with Crippen molar-refractivity contribution < 1.29 is 9.18 Å². The highest BCUT2D eigenvalue weighted by molar-refractivity contribution is 5.85. The average molecular weight is 278 g/mol. The summed E-state index contributed by atoms with van der Waals surface area (Å²) in [6.45, 7) is 6.34. The van der Waals surface area contributed by atoms with E-state index in [0.717, 1.165) is 0 Å². The van der Waals surface area contributed by atoms with E-state index < -0.39 is 6.04 Å². The summed E-state index contributed by atoms with van der Waals surface area (Å²) in [7, 11) is 0. The maximum Gasteiger partial charge on any atom is 0.242 e. The molecule has 1 aromatic heterocycles. The zero-order valence-electron chi connectivity index (χ0n) is 11.9. The third-order valence-electron chi connectivity index (χ3n) is 3.13. The first-order valence-corrected chi connectivity index (χ1v) is 6.60. The molecule has 1 aromatic carbocycles. The van der Waals surface area contributed by atoms with E-state index in [9.17, 15) is 9.18 Å². The quantitative estimate of drug-likeness (QED) is 0.899. The second-order valence-electron chi connectivity index (χ2n) is 5.29. The lowest BCUT2D eigenvalue weighted by atomic mass is 10.2. The largest absolute Gasteiger partial charge is 0.369 e. The fraction of sp³-hybridized carbons (Fsp3) is 0.429. The number of nitrogens with one attached hydrogen (secondary N) is 1. The lowest BCUT2D eigenvalue weighted by Gasteiger charge is -2.16. The number of carbonyl (C=O) groups excluding carboxylic acids is 1. The molecule has 0 fully saturated rings. The van der Waals surface area contributed by atoms with Gasteiger partial charge in [0, 0.05) is 6.54 Å². The minimum atomic E-state index is -0.541. The number of benzene rings is 1. The molecule has 1 amide bonds. The van der Waals surface area contributed by atoms with E-state index in [-0.39, 0.29) is 17.7 Å². The van der Waals surface area contributed by atoms with Crippen molar-refractivity contribution in [3.63, 3.8) is 0 Å². The molecule has 3 N–H and O–H groups in total. The third-order valence-corrected chi connectivity index (χ3v) is 3.13. The van der Waals surface area contributed by atoms with Crippen LogP contribution in [0.4, 0.5) is 10.3 Å². The van der Waals surface area contributed by atoms with Crippen LogP contribution in [-0.4, -0.2) is 22.0 Å². The molecular formula is C14H19FN4O. The topological polar surface area (TPSA) is 72.9 Å². The van der Waals surface area contributed by atoms with E-state index in [2.05, 4.69) is 10.3 Å². The van der Waals surface area contributed by atoms with Crippen molar-refractivity contribution in [3.8, 4) is 0 Å². The molecule has 0 aliphatic heterocycles.